The number of piperidine rings is 2. The first-order chi connectivity index (χ1) is 10.3. The van der Waals surface area contributed by atoms with Gasteiger partial charge in [-0.3, -0.25) is 4.90 Å². The van der Waals surface area contributed by atoms with Gasteiger partial charge in [0.25, 0.3) is 0 Å². The van der Waals surface area contributed by atoms with E-state index in [-0.39, 0.29) is 5.60 Å². The van der Waals surface area contributed by atoms with Crippen LogP contribution < -0.4 is 5.32 Å². The van der Waals surface area contributed by atoms with E-state index in [1.54, 1.807) is 0 Å². The van der Waals surface area contributed by atoms with Gasteiger partial charge in [-0.15, -0.1) is 0 Å². The lowest BCUT2D eigenvalue weighted by atomic mass is 9.87. The third-order valence-corrected chi connectivity index (χ3v) is 6.38. The molecule has 0 aromatic heterocycles. The highest BCUT2D eigenvalue weighted by Crippen LogP contribution is 2.37. The lowest BCUT2D eigenvalue weighted by molar-refractivity contribution is -0.0206. The van der Waals surface area contributed by atoms with E-state index in [0.29, 0.717) is 6.04 Å². The molecule has 0 bridgehead atoms. The summed E-state index contributed by atoms with van der Waals surface area (Å²) in [4.78, 5) is 5.49. The largest absolute Gasteiger partial charge is 0.373 e. The van der Waals surface area contributed by atoms with Crippen LogP contribution in [0.1, 0.15) is 44.9 Å². The Balaban J connectivity index is 1.28. The molecule has 4 fully saturated rings. The molecule has 0 aromatic carbocycles. The number of nitrogens with one attached hydrogen (secondary N) is 1. The molecule has 4 aliphatic rings. The van der Waals surface area contributed by atoms with E-state index in [0.717, 1.165) is 25.7 Å². The Labute approximate surface area is 129 Å². The molecule has 1 N–H and O–H groups in total. The summed E-state index contributed by atoms with van der Waals surface area (Å²) < 4.78 is 6.28. The third-order valence-electron chi connectivity index (χ3n) is 6.38. The van der Waals surface area contributed by atoms with Crippen LogP contribution in [0.5, 0.6) is 0 Å². The summed E-state index contributed by atoms with van der Waals surface area (Å²) in [6, 6.07) is 1.57. The number of hydrogen-bond acceptors (Lipinski definition) is 4. The quantitative estimate of drug-likeness (QED) is 0.834. The standard InChI is InChI=1S/C17H31N3O/c1-2-10-19(9-1)15-3-11-20(12-4-15)16-13-17(21-14-16)5-7-18-8-6-17/h15-16,18H,1-14H2/t16-/m1/s1. The summed E-state index contributed by atoms with van der Waals surface area (Å²) in [7, 11) is 0. The third kappa shape index (κ3) is 3.00. The van der Waals surface area contributed by atoms with Crippen LogP contribution in [0, 0.1) is 0 Å². The highest BCUT2D eigenvalue weighted by Gasteiger charge is 2.43. The van der Waals surface area contributed by atoms with Crippen LogP contribution in [0.4, 0.5) is 0 Å². The molecule has 4 heteroatoms. The van der Waals surface area contributed by atoms with Crippen LogP contribution in [0.3, 0.4) is 0 Å². The molecule has 21 heavy (non-hydrogen) atoms. The van der Waals surface area contributed by atoms with Gasteiger partial charge in [0.15, 0.2) is 0 Å². The average Bonchev–Trinajstić information content (AvgIpc) is 3.19. The summed E-state index contributed by atoms with van der Waals surface area (Å²) in [5.41, 5.74) is 0.224. The van der Waals surface area contributed by atoms with Crippen LogP contribution in [0.2, 0.25) is 0 Å². The molecule has 1 atom stereocenters. The Kier molecular flexibility index (Phi) is 4.23. The summed E-state index contributed by atoms with van der Waals surface area (Å²) in [5.74, 6) is 0. The van der Waals surface area contributed by atoms with Gasteiger partial charge in [-0.25, -0.2) is 0 Å². The maximum atomic E-state index is 6.28. The predicted octanol–water partition coefficient (Wildman–Crippen LogP) is 1.46. The van der Waals surface area contributed by atoms with Crippen molar-refractivity contribution in [3.05, 3.63) is 0 Å². The molecule has 0 aliphatic carbocycles. The first kappa shape index (κ1) is 14.4. The molecule has 4 heterocycles. The van der Waals surface area contributed by atoms with Crippen LogP contribution >= 0.6 is 0 Å². The minimum absolute atomic E-state index is 0.224. The zero-order valence-electron chi connectivity index (χ0n) is 13.4. The number of rotatable bonds is 2. The average molecular weight is 293 g/mol. The summed E-state index contributed by atoms with van der Waals surface area (Å²) in [6.45, 7) is 8.57. The molecular weight excluding hydrogens is 262 g/mol. The first-order valence-corrected chi connectivity index (χ1v) is 9.17. The molecular formula is C17H31N3O. The maximum Gasteiger partial charge on any atom is 0.0723 e. The van der Waals surface area contributed by atoms with E-state index in [2.05, 4.69) is 15.1 Å². The minimum Gasteiger partial charge on any atom is -0.373 e. The van der Waals surface area contributed by atoms with E-state index >= 15 is 0 Å². The van der Waals surface area contributed by atoms with Gasteiger partial charge in [0.05, 0.1) is 12.2 Å². The molecule has 0 aromatic rings. The van der Waals surface area contributed by atoms with Crippen molar-refractivity contribution < 1.29 is 4.74 Å². The zero-order valence-corrected chi connectivity index (χ0v) is 13.4. The predicted molar refractivity (Wildman–Crippen MR) is 84.6 cm³/mol. The Morgan fingerprint density at radius 3 is 2.24 bits per heavy atom. The van der Waals surface area contributed by atoms with Crippen molar-refractivity contribution >= 4 is 0 Å². The Hall–Kier alpha value is -0.160. The van der Waals surface area contributed by atoms with Crippen LogP contribution in [-0.2, 0) is 4.74 Å². The van der Waals surface area contributed by atoms with Gasteiger partial charge in [0.2, 0.25) is 0 Å². The monoisotopic (exact) mass is 293 g/mol. The van der Waals surface area contributed by atoms with Crippen LogP contribution in [0.15, 0.2) is 0 Å². The van der Waals surface area contributed by atoms with Gasteiger partial charge in [-0.1, -0.05) is 0 Å². The molecule has 0 unspecified atom stereocenters. The van der Waals surface area contributed by atoms with Crippen molar-refractivity contribution in [2.24, 2.45) is 0 Å². The molecule has 0 amide bonds. The smallest absolute Gasteiger partial charge is 0.0723 e. The van der Waals surface area contributed by atoms with Gasteiger partial charge in [-0.05, 0) is 71.1 Å². The van der Waals surface area contributed by atoms with Gasteiger partial charge in [0, 0.05) is 25.2 Å². The van der Waals surface area contributed by atoms with Crippen molar-refractivity contribution in [3.63, 3.8) is 0 Å². The SMILES string of the molecule is C1CCN(C2CCN([C@H]3COC4(CCNCC4)C3)CC2)C1. The van der Waals surface area contributed by atoms with Crippen molar-refractivity contribution in [2.45, 2.75) is 62.6 Å². The fourth-order valence-electron chi connectivity index (χ4n) is 5.01. The molecule has 4 aliphatic heterocycles. The molecule has 120 valence electrons. The Morgan fingerprint density at radius 2 is 1.52 bits per heavy atom. The molecule has 0 saturated carbocycles. The Bertz CT molecular complexity index is 342. The summed E-state index contributed by atoms with van der Waals surface area (Å²) in [6.07, 6.45) is 9.32. The highest BCUT2D eigenvalue weighted by molar-refractivity contribution is 4.97. The number of hydrogen-bond donors (Lipinski definition) is 1. The maximum absolute atomic E-state index is 6.28. The first-order valence-electron chi connectivity index (χ1n) is 9.17. The van der Waals surface area contributed by atoms with E-state index in [9.17, 15) is 0 Å². The summed E-state index contributed by atoms with van der Waals surface area (Å²) in [5, 5.41) is 3.47. The number of likely N-dealkylation sites (tertiary alicyclic amines) is 2. The number of nitrogens with zero attached hydrogens (tertiary/aromatic N) is 2. The minimum atomic E-state index is 0.224. The van der Waals surface area contributed by atoms with Crippen molar-refractivity contribution in [1.29, 1.82) is 0 Å². The van der Waals surface area contributed by atoms with Crippen molar-refractivity contribution in [1.82, 2.24) is 15.1 Å². The lowest BCUT2D eigenvalue weighted by Crippen LogP contribution is -2.48. The van der Waals surface area contributed by atoms with Crippen molar-refractivity contribution in [2.75, 3.05) is 45.9 Å². The normalized spacial score (nSPS) is 35.7. The second-order valence-corrected chi connectivity index (χ2v) is 7.61. The Morgan fingerprint density at radius 1 is 0.857 bits per heavy atom. The van der Waals surface area contributed by atoms with Gasteiger partial charge in [-0.2, -0.15) is 0 Å². The van der Waals surface area contributed by atoms with Gasteiger partial charge in [0.1, 0.15) is 0 Å². The van der Waals surface area contributed by atoms with Crippen molar-refractivity contribution in [3.8, 4) is 0 Å². The van der Waals surface area contributed by atoms with E-state index in [1.807, 2.05) is 0 Å². The number of ether oxygens (including phenoxy) is 1. The fourth-order valence-corrected chi connectivity index (χ4v) is 5.01. The lowest BCUT2D eigenvalue weighted by Gasteiger charge is -2.39. The van der Waals surface area contributed by atoms with E-state index in [1.165, 1.54) is 71.1 Å². The van der Waals surface area contributed by atoms with E-state index < -0.39 is 0 Å². The summed E-state index contributed by atoms with van der Waals surface area (Å²) >= 11 is 0. The highest BCUT2D eigenvalue weighted by atomic mass is 16.5. The van der Waals surface area contributed by atoms with Crippen LogP contribution in [0.25, 0.3) is 0 Å². The second kappa shape index (κ2) is 6.15. The zero-order chi connectivity index (χ0) is 14.1. The second-order valence-electron chi connectivity index (χ2n) is 7.61. The van der Waals surface area contributed by atoms with Gasteiger partial charge < -0.3 is 15.0 Å². The molecule has 0 radical (unpaired) electrons. The van der Waals surface area contributed by atoms with Gasteiger partial charge >= 0.3 is 0 Å². The fraction of sp³-hybridized carbons (Fsp3) is 1.00. The molecule has 4 saturated heterocycles. The van der Waals surface area contributed by atoms with Crippen LogP contribution in [-0.4, -0.2) is 73.4 Å². The molecule has 4 rings (SSSR count). The topological polar surface area (TPSA) is 27.7 Å². The molecule has 1 spiro atoms. The molecule has 4 nitrogen and oxygen atoms in total. The van der Waals surface area contributed by atoms with E-state index in [4.69, 9.17) is 4.74 Å².